The minimum atomic E-state index is 0.512. The van der Waals surface area contributed by atoms with Crippen LogP contribution in [0.1, 0.15) is 12.0 Å². The predicted octanol–water partition coefficient (Wildman–Crippen LogP) is 3.06. The van der Waals surface area contributed by atoms with Crippen LogP contribution in [0.2, 0.25) is 0 Å². The minimum absolute atomic E-state index is 0.512. The van der Waals surface area contributed by atoms with Gasteiger partial charge in [-0.3, -0.25) is 5.43 Å². The van der Waals surface area contributed by atoms with Gasteiger partial charge in [0.05, 0.1) is 11.4 Å². The van der Waals surface area contributed by atoms with Gasteiger partial charge in [-0.25, -0.2) is 4.98 Å². The third-order valence-electron chi connectivity index (χ3n) is 3.05. The van der Waals surface area contributed by atoms with Crippen molar-refractivity contribution in [3.05, 3.63) is 46.4 Å². The molecule has 5 nitrogen and oxygen atoms in total. The van der Waals surface area contributed by atoms with Gasteiger partial charge >= 0.3 is 0 Å². The third-order valence-corrected chi connectivity index (χ3v) is 3.57. The van der Waals surface area contributed by atoms with Gasteiger partial charge in [-0.1, -0.05) is 15.9 Å². The van der Waals surface area contributed by atoms with E-state index in [0.29, 0.717) is 5.82 Å². The van der Waals surface area contributed by atoms with Crippen LogP contribution in [0.5, 0.6) is 0 Å². The van der Waals surface area contributed by atoms with Crippen molar-refractivity contribution < 1.29 is 0 Å². The molecule has 2 aromatic rings. The number of nitrogens with one attached hydrogen (secondary N) is 2. The van der Waals surface area contributed by atoms with Gasteiger partial charge in [0.15, 0.2) is 0 Å². The quantitative estimate of drug-likeness (QED) is 0.739. The molecular weight excluding hydrogens is 318 g/mol. The zero-order valence-corrected chi connectivity index (χ0v) is 12.3. The Bertz CT molecular complexity index is 651. The van der Waals surface area contributed by atoms with Gasteiger partial charge < -0.3 is 11.1 Å². The Morgan fingerprint density at radius 2 is 2.00 bits per heavy atom. The lowest BCUT2D eigenvalue weighted by molar-refractivity contribution is 1.04. The summed E-state index contributed by atoms with van der Waals surface area (Å²) >= 11 is 3.41. The number of hydrogen-bond acceptors (Lipinski definition) is 5. The number of hydrazone groups is 1. The zero-order valence-electron chi connectivity index (χ0n) is 10.7. The van der Waals surface area contributed by atoms with Crippen LogP contribution >= 0.6 is 15.9 Å². The minimum Gasteiger partial charge on any atom is -0.384 e. The summed E-state index contributed by atoms with van der Waals surface area (Å²) in [6, 6.07) is 11.6. The lowest BCUT2D eigenvalue weighted by atomic mass is 10.1. The maximum atomic E-state index is 5.70. The summed E-state index contributed by atoms with van der Waals surface area (Å²) in [6.07, 6.45) is 0.849. The predicted molar refractivity (Wildman–Crippen MR) is 86.1 cm³/mol. The number of nitrogens with zero attached hydrogens (tertiary/aromatic N) is 2. The maximum absolute atomic E-state index is 5.70. The molecule has 1 aliphatic rings. The second kappa shape index (κ2) is 5.50. The van der Waals surface area contributed by atoms with E-state index >= 15 is 0 Å². The van der Waals surface area contributed by atoms with Crippen LogP contribution in [0.4, 0.5) is 17.3 Å². The normalized spacial score (nSPS) is 15.6. The molecule has 3 rings (SSSR count). The molecule has 1 aliphatic heterocycles. The summed E-state index contributed by atoms with van der Waals surface area (Å²) in [4.78, 5) is 4.28. The second-order valence-corrected chi connectivity index (χ2v) is 5.40. The summed E-state index contributed by atoms with van der Waals surface area (Å²) in [7, 11) is 0. The van der Waals surface area contributed by atoms with Crippen LogP contribution in [-0.4, -0.2) is 17.2 Å². The Morgan fingerprint density at radius 3 is 2.80 bits per heavy atom. The molecule has 0 atom stereocenters. The highest BCUT2D eigenvalue weighted by Gasteiger charge is 2.16. The fraction of sp³-hybridized carbons (Fsp3) is 0.143. The van der Waals surface area contributed by atoms with E-state index in [9.17, 15) is 0 Å². The van der Waals surface area contributed by atoms with Crippen LogP contribution in [0.15, 0.2) is 46.0 Å². The fourth-order valence-electron chi connectivity index (χ4n) is 2.05. The summed E-state index contributed by atoms with van der Waals surface area (Å²) < 4.78 is 1.04. The van der Waals surface area contributed by atoms with E-state index in [0.717, 1.165) is 40.2 Å². The van der Waals surface area contributed by atoms with E-state index in [4.69, 9.17) is 5.73 Å². The first-order valence-corrected chi connectivity index (χ1v) is 7.10. The van der Waals surface area contributed by atoms with Crippen LogP contribution in [0, 0.1) is 0 Å². The number of hydrogen-bond donors (Lipinski definition) is 3. The van der Waals surface area contributed by atoms with Crippen LogP contribution in [-0.2, 0) is 0 Å². The largest absolute Gasteiger partial charge is 0.384 e. The summed E-state index contributed by atoms with van der Waals surface area (Å²) in [5, 5.41) is 7.72. The lowest BCUT2D eigenvalue weighted by Crippen LogP contribution is -2.21. The van der Waals surface area contributed by atoms with Crippen molar-refractivity contribution in [2.24, 2.45) is 5.10 Å². The Balaban J connectivity index is 1.84. The molecule has 0 unspecified atom stereocenters. The highest BCUT2D eigenvalue weighted by atomic mass is 79.9. The molecule has 2 heterocycles. The van der Waals surface area contributed by atoms with E-state index in [1.807, 2.05) is 30.3 Å². The second-order valence-electron chi connectivity index (χ2n) is 4.49. The van der Waals surface area contributed by atoms with Crippen LogP contribution in [0.25, 0.3) is 0 Å². The number of fused-ring (bicyclic) bond motifs is 1. The molecule has 0 aliphatic carbocycles. The van der Waals surface area contributed by atoms with Gasteiger partial charge in [0.2, 0.25) is 0 Å². The van der Waals surface area contributed by atoms with E-state index in [1.165, 1.54) is 0 Å². The molecule has 0 radical (unpaired) electrons. The number of pyridine rings is 1. The Morgan fingerprint density at radius 1 is 1.20 bits per heavy atom. The Kier molecular flexibility index (Phi) is 3.56. The number of halogens is 1. The van der Waals surface area contributed by atoms with Crippen molar-refractivity contribution in [3.63, 3.8) is 0 Å². The number of nitrogen functional groups attached to an aromatic ring is 1. The molecule has 102 valence electrons. The first kappa shape index (κ1) is 12.9. The standard InChI is InChI=1S/C14H14BrN5/c15-9-1-3-10(4-2-9)19-20-12-7-8-17-14-11(12)5-6-13(16)18-14/h1-6,19H,7-8H2,(H3,16,17,18)/b20-12-. The van der Waals surface area contributed by atoms with Crippen molar-refractivity contribution in [2.45, 2.75) is 6.42 Å². The number of aromatic nitrogens is 1. The highest BCUT2D eigenvalue weighted by molar-refractivity contribution is 9.10. The monoisotopic (exact) mass is 331 g/mol. The van der Waals surface area contributed by atoms with Crippen molar-refractivity contribution >= 4 is 39.0 Å². The number of nitrogens with two attached hydrogens (primary N) is 1. The first-order chi connectivity index (χ1) is 9.72. The molecule has 0 fully saturated rings. The summed E-state index contributed by atoms with van der Waals surface area (Å²) in [6.45, 7) is 0.810. The topological polar surface area (TPSA) is 75.3 Å². The number of benzene rings is 1. The molecule has 1 aromatic carbocycles. The van der Waals surface area contributed by atoms with Crippen molar-refractivity contribution in [1.29, 1.82) is 0 Å². The fourth-order valence-corrected chi connectivity index (χ4v) is 2.31. The molecule has 0 amide bonds. The summed E-state index contributed by atoms with van der Waals surface area (Å²) in [5.41, 5.74) is 11.7. The maximum Gasteiger partial charge on any atom is 0.137 e. The molecule has 20 heavy (non-hydrogen) atoms. The van der Waals surface area contributed by atoms with Gasteiger partial charge in [-0.2, -0.15) is 5.10 Å². The summed E-state index contributed by atoms with van der Waals surface area (Å²) in [5.74, 6) is 1.31. The molecule has 1 aromatic heterocycles. The molecule has 0 saturated heterocycles. The molecule has 4 N–H and O–H groups in total. The average molecular weight is 332 g/mol. The van der Waals surface area contributed by atoms with Crippen molar-refractivity contribution in [3.8, 4) is 0 Å². The van der Waals surface area contributed by atoms with Gasteiger partial charge in [0.1, 0.15) is 11.6 Å². The molecule has 0 spiro atoms. The number of rotatable bonds is 2. The molecule has 6 heteroatoms. The van der Waals surface area contributed by atoms with Crippen LogP contribution < -0.4 is 16.5 Å². The smallest absolute Gasteiger partial charge is 0.137 e. The Labute approximate surface area is 125 Å². The number of anilines is 3. The zero-order chi connectivity index (χ0) is 13.9. The average Bonchev–Trinajstić information content (AvgIpc) is 2.46. The Hall–Kier alpha value is -2.08. The van der Waals surface area contributed by atoms with Crippen molar-refractivity contribution in [1.82, 2.24) is 4.98 Å². The van der Waals surface area contributed by atoms with Gasteiger partial charge in [-0.15, -0.1) is 0 Å². The molecule has 0 bridgehead atoms. The molecular formula is C14H14BrN5. The van der Waals surface area contributed by atoms with E-state index < -0.39 is 0 Å². The van der Waals surface area contributed by atoms with Gasteiger partial charge in [-0.05, 0) is 36.4 Å². The van der Waals surface area contributed by atoms with E-state index in [2.05, 4.69) is 36.8 Å². The van der Waals surface area contributed by atoms with Crippen molar-refractivity contribution in [2.75, 3.05) is 23.0 Å². The lowest BCUT2D eigenvalue weighted by Gasteiger charge is -2.19. The van der Waals surface area contributed by atoms with E-state index in [1.54, 1.807) is 6.07 Å². The first-order valence-electron chi connectivity index (χ1n) is 6.31. The third kappa shape index (κ3) is 2.75. The van der Waals surface area contributed by atoms with Crippen LogP contribution in [0.3, 0.4) is 0 Å². The highest BCUT2D eigenvalue weighted by Crippen LogP contribution is 2.22. The van der Waals surface area contributed by atoms with Gasteiger partial charge in [0.25, 0.3) is 0 Å². The van der Waals surface area contributed by atoms with Gasteiger partial charge in [0, 0.05) is 23.0 Å². The SMILES string of the molecule is Nc1ccc2c(n1)NCC/C2=N/Nc1ccc(Br)cc1. The molecule has 0 saturated carbocycles. The van der Waals surface area contributed by atoms with E-state index in [-0.39, 0.29) is 0 Å².